The average Bonchev–Trinajstić information content (AvgIpc) is 2.76. The summed E-state index contributed by atoms with van der Waals surface area (Å²) in [5.41, 5.74) is 0.535. The molecule has 184 valence electrons. The predicted molar refractivity (Wildman–Crippen MR) is 134 cm³/mol. The van der Waals surface area contributed by atoms with Crippen LogP contribution in [0.15, 0.2) is 29.1 Å². The fourth-order valence-electron chi connectivity index (χ4n) is 7.78. The third-order valence-corrected chi connectivity index (χ3v) is 8.75. The van der Waals surface area contributed by atoms with Gasteiger partial charge in [-0.1, -0.05) is 39.3 Å². The summed E-state index contributed by atoms with van der Waals surface area (Å²) in [4.78, 5) is 32.2. The Morgan fingerprint density at radius 3 is 2.06 bits per heavy atom. The second-order valence-corrected chi connectivity index (χ2v) is 11.7. The van der Waals surface area contributed by atoms with Gasteiger partial charge in [-0.05, 0) is 81.3 Å². The Bertz CT molecular complexity index is 1080. The molecule has 34 heavy (non-hydrogen) atoms. The summed E-state index contributed by atoms with van der Waals surface area (Å²) < 4.78 is 1.78. The van der Waals surface area contributed by atoms with Gasteiger partial charge in [0.15, 0.2) is 0 Å². The van der Waals surface area contributed by atoms with E-state index in [9.17, 15) is 14.7 Å². The van der Waals surface area contributed by atoms with Gasteiger partial charge in [-0.15, -0.1) is 0 Å². The van der Waals surface area contributed by atoms with Gasteiger partial charge in [-0.25, -0.2) is 9.78 Å². The van der Waals surface area contributed by atoms with E-state index in [0.717, 1.165) is 36.1 Å². The number of carbonyl (C=O) groups is 1. The molecule has 1 N–H and O–H groups in total. The molecule has 1 aromatic carbocycles. The van der Waals surface area contributed by atoms with Crippen LogP contribution in [0.5, 0.6) is 0 Å². The van der Waals surface area contributed by atoms with Crippen LogP contribution in [0.3, 0.4) is 0 Å². The molecule has 2 bridgehead atoms. The molecule has 0 unspecified atom stereocenters. The number of fused-ring (bicyclic) bond motifs is 3. The summed E-state index contributed by atoms with van der Waals surface area (Å²) in [7, 11) is 0. The predicted octanol–water partition coefficient (Wildman–Crippen LogP) is 5.50. The maximum atomic E-state index is 13.3. The zero-order valence-corrected chi connectivity index (χ0v) is 20.8. The molecule has 3 aliphatic rings. The van der Waals surface area contributed by atoms with Crippen LogP contribution < -0.4 is 5.56 Å². The third-order valence-electron chi connectivity index (χ3n) is 8.75. The molecule has 1 aromatic heterocycles. The van der Waals surface area contributed by atoms with Crippen molar-refractivity contribution in [3.63, 3.8) is 0 Å². The Hall–Kier alpha value is -2.21. The highest BCUT2D eigenvalue weighted by Crippen LogP contribution is 2.44. The highest BCUT2D eigenvalue weighted by molar-refractivity contribution is 5.88. The number of aromatic carboxylic acids is 1. The molecule has 0 amide bonds. The lowest BCUT2D eigenvalue weighted by molar-refractivity contribution is -0.0347. The van der Waals surface area contributed by atoms with Gasteiger partial charge >= 0.3 is 5.97 Å². The number of rotatable bonds is 3. The largest absolute Gasteiger partial charge is 0.476 e. The molecular formula is C28H39N3O3. The lowest BCUT2D eigenvalue weighted by Gasteiger charge is -2.54. The molecule has 2 aliphatic heterocycles. The van der Waals surface area contributed by atoms with Crippen molar-refractivity contribution in [2.24, 2.45) is 17.8 Å². The fourth-order valence-corrected chi connectivity index (χ4v) is 7.78. The average molecular weight is 466 g/mol. The normalized spacial score (nSPS) is 35.0. The van der Waals surface area contributed by atoms with Crippen molar-refractivity contribution in [2.75, 3.05) is 0 Å². The second kappa shape index (κ2) is 9.44. The molecular weight excluding hydrogens is 426 g/mol. The smallest absolute Gasteiger partial charge is 0.360 e. The molecule has 1 aliphatic carbocycles. The van der Waals surface area contributed by atoms with E-state index in [1.807, 2.05) is 24.3 Å². The van der Waals surface area contributed by atoms with E-state index in [4.69, 9.17) is 0 Å². The molecule has 2 saturated heterocycles. The molecule has 7 atom stereocenters. The third kappa shape index (κ3) is 4.41. The first kappa shape index (κ1) is 23.5. The lowest BCUT2D eigenvalue weighted by Crippen LogP contribution is -2.58. The number of aromatic nitrogens is 2. The standard InChI is InChI=1S/C28H39N3O3/c1-17-11-18(2)13-22(14-19(3)12-17)30-20-7-6-8-21(30)16-23(15-20)31-25-10-5-4-9-24(25)29-26(27(31)32)28(33)34/h4-5,9-10,17-23H,6-8,11-16H2,1-3H3,(H,33,34)/t17-,18+,19-,20-,21+,22+,23+. The number of carboxylic acid groups (broad SMARTS) is 1. The number of carboxylic acids is 1. The van der Waals surface area contributed by atoms with Crippen molar-refractivity contribution in [3.8, 4) is 0 Å². The van der Waals surface area contributed by atoms with Crippen LogP contribution in [0.1, 0.15) is 95.1 Å². The van der Waals surface area contributed by atoms with Crippen LogP contribution in [-0.4, -0.2) is 43.7 Å². The van der Waals surface area contributed by atoms with E-state index < -0.39 is 11.5 Å². The van der Waals surface area contributed by atoms with Crippen molar-refractivity contribution >= 4 is 17.0 Å². The topological polar surface area (TPSA) is 75.4 Å². The Morgan fingerprint density at radius 2 is 1.44 bits per heavy atom. The summed E-state index contributed by atoms with van der Waals surface area (Å²) in [6.45, 7) is 7.27. The quantitative estimate of drug-likeness (QED) is 0.647. The van der Waals surface area contributed by atoms with Crippen LogP contribution in [0, 0.1) is 17.8 Å². The van der Waals surface area contributed by atoms with E-state index in [2.05, 4.69) is 30.7 Å². The van der Waals surface area contributed by atoms with Crippen molar-refractivity contribution in [1.29, 1.82) is 0 Å². The van der Waals surface area contributed by atoms with Gasteiger partial charge < -0.3 is 9.67 Å². The minimum Gasteiger partial charge on any atom is -0.476 e. The number of piperidine rings is 2. The van der Waals surface area contributed by atoms with E-state index in [0.29, 0.717) is 23.6 Å². The van der Waals surface area contributed by atoms with Gasteiger partial charge in [0, 0.05) is 24.2 Å². The zero-order valence-electron chi connectivity index (χ0n) is 20.8. The van der Waals surface area contributed by atoms with E-state index in [-0.39, 0.29) is 11.7 Å². The first-order chi connectivity index (χ1) is 16.3. The molecule has 3 heterocycles. The van der Waals surface area contributed by atoms with Gasteiger partial charge in [-0.2, -0.15) is 0 Å². The van der Waals surface area contributed by atoms with Crippen molar-refractivity contribution in [2.45, 2.75) is 103 Å². The number of benzene rings is 1. The van der Waals surface area contributed by atoms with Crippen molar-refractivity contribution in [3.05, 3.63) is 40.3 Å². The molecule has 3 fully saturated rings. The number of nitrogens with zero attached hydrogens (tertiary/aromatic N) is 3. The summed E-state index contributed by atoms with van der Waals surface area (Å²) in [6, 6.07) is 9.06. The molecule has 0 spiro atoms. The summed E-state index contributed by atoms with van der Waals surface area (Å²) in [5.74, 6) is 1.06. The molecule has 5 rings (SSSR count). The maximum Gasteiger partial charge on any atom is 0.360 e. The fraction of sp³-hybridized carbons (Fsp3) is 0.679. The first-order valence-corrected chi connectivity index (χ1v) is 13.3. The van der Waals surface area contributed by atoms with Crippen molar-refractivity contribution in [1.82, 2.24) is 14.5 Å². The van der Waals surface area contributed by atoms with E-state index in [1.165, 1.54) is 44.9 Å². The molecule has 1 saturated carbocycles. The Balaban J connectivity index is 1.48. The van der Waals surface area contributed by atoms with Crippen LogP contribution in [0.25, 0.3) is 11.0 Å². The summed E-state index contributed by atoms with van der Waals surface area (Å²) in [5, 5.41) is 9.66. The molecule has 6 heteroatoms. The van der Waals surface area contributed by atoms with Crippen LogP contribution in [-0.2, 0) is 0 Å². The van der Waals surface area contributed by atoms with Gasteiger partial charge in [0.25, 0.3) is 5.56 Å². The Kier molecular flexibility index (Phi) is 6.54. The van der Waals surface area contributed by atoms with Crippen LogP contribution in [0.4, 0.5) is 0 Å². The van der Waals surface area contributed by atoms with Gasteiger partial charge in [0.05, 0.1) is 11.0 Å². The van der Waals surface area contributed by atoms with E-state index in [1.54, 1.807) is 4.57 Å². The minimum absolute atomic E-state index is 0.0217. The minimum atomic E-state index is -1.24. The second-order valence-electron chi connectivity index (χ2n) is 11.7. The number of para-hydroxylation sites is 2. The number of hydrogen-bond acceptors (Lipinski definition) is 4. The summed E-state index contributed by atoms with van der Waals surface area (Å²) in [6.07, 6.45) is 10.6. The first-order valence-electron chi connectivity index (χ1n) is 13.3. The SMILES string of the molecule is C[C@H]1C[C@@H](C)C[C@@H](N2[C@@H]3CCC[C@H]2C[C@@H](n2c(=O)c(C(=O)O)nc4ccccc42)C3)C[C@@H](C)C1. The monoisotopic (exact) mass is 465 g/mol. The molecule has 0 radical (unpaired) electrons. The van der Waals surface area contributed by atoms with Gasteiger partial charge in [0.1, 0.15) is 0 Å². The Morgan fingerprint density at radius 1 is 0.853 bits per heavy atom. The van der Waals surface area contributed by atoms with Crippen LogP contribution in [0.2, 0.25) is 0 Å². The highest BCUT2D eigenvalue weighted by atomic mass is 16.4. The zero-order chi connectivity index (χ0) is 24.0. The highest BCUT2D eigenvalue weighted by Gasteiger charge is 2.43. The molecule has 2 aromatic rings. The molecule has 6 nitrogen and oxygen atoms in total. The summed E-state index contributed by atoms with van der Waals surface area (Å²) >= 11 is 0. The van der Waals surface area contributed by atoms with E-state index >= 15 is 0 Å². The van der Waals surface area contributed by atoms with Gasteiger partial charge in [-0.3, -0.25) is 9.69 Å². The number of hydrogen-bond donors (Lipinski definition) is 1. The maximum absolute atomic E-state index is 13.3. The Labute approximate surface area is 202 Å². The van der Waals surface area contributed by atoms with Gasteiger partial charge in [0.2, 0.25) is 5.69 Å². The lowest BCUT2D eigenvalue weighted by atomic mass is 9.75. The van der Waals surface area contributed by atoms with Crippen molar-refractivity contribution < 1.29 is 9.90 Å². The van der Waals surface area contributed by atoms with Crippen LogP contribution >= 0.6 is 0 Å².